The molecule has 0 heterocycles. The number of hydrogen-bond acceptors (Lipinski definition) is 0. The Morgan fingerprint density at radius 1 is 1.23 bits per heavy atom. The van der Waals surface area contributed by atoms with Gasteiger partial charge in [0.2, 0.25) is 0 Å². The van der Waals surface area contributed by atoms with E-state index < -0.39 is 6.00 Å². The average molecular weight is 254 g/mol. The van der Waals surface area contributed by atoms with Crippen LogP contribution in [0.1, 0.15) is 23.6 Å². The van der Waals surface area contributed by atoms with E-state index in [9.17, 15) is 0 Å². The van der Waals surface area contributed by atoms with Crippen LogP contribution in [0.15, 0.2) is 24.3 Å². The highest BCUT2D eigenvalue weighted by Crippen LogP contribution is 2.36. The van der Waals surface area contributed by atoms with Gasteiger partial charge in [-0.3, -0.25) is 0 Å². The van der Waals surface area contributed by atoms with Gasteiger partial charge >= 0.3 is 6.00 Å². The summed E-state index contributed by atoms with van der Waals surface area (Å²) in [6.07, 6.45) is 0. The van der Waals surface area contributed by atoms with Crippen LogP contribution in [0.25, 0.3) is 0 Å². The van der Waals surface area contributed by atoms with Gasteiger partial charge in [-0.1, -0.05) is 36.8 Å². The fraction of sp³-hybridized carbons (Fsp3) is 0.333. The minimum absolute atomic E-state index is 0.0531. The lowest BCUT2D eigenvalue weighted by Crippen LogP contribution is -2.20. The Labute approximate surface area is 93.9 Å². The van der Waals surface area contributed by atoms with Crippen molar-refractivity contribution in [1.29, 1.82) is 0 Å². The standard InChI is InChI=1S/C9H11Cl3Si/c1-7-4-3-5-9(6-7)8(2)13(10,11)12/h3-6,8H,1-2H3/t8-/m1/s1. The topological polar surface area (TPSA) is 0 Å². The number of halogens is 3. The lowest BCUT2D eigenvalue weighted by molar-refractivity contribution is 1.06. The van der Waals surface area contributed by atoms with Gasteiger partial charge in [0, 0.05) is 5.54 Å². The molecule has 0 radical (unpaired) electrons. The molecule has 0 saturated carbocycles. The highest BCUT2D eigenvalue weighted by Gasteiger charge is 2.34. The van der Waals surface area contributed by atoms with Gasteiger partial charge in [-0.2, -0.15) is 0 Å². The van der Waals surface area contributed by atoms with E-state index in [4.69, 9.17) is 33.2 Å². The van der Waals surface area contributed by atoms with Gasteiger partial charge in [-0.15, -0.1) is 33.2 Å². The molecule has 0 aromatic heterocycles. The highest BCUT2D eigenvalue weighted by atomic mass is 35.8. The van der Waals surface area contributed by atoms with Crippen LogP contribution in [-0.2, 0) is 0 Å². The predicted octanol–water partition coefficient (Wildman–Crippen LogP) is 4.29. The zero-order chi connectivity index (χ0) is 10.1. The van der Waals surface area contributed by atoms with Crippen molar-refractivity contribution < 1.29 is 0 Å². The molecule has 1 rings (SSSR count). The fourth-order valence-corrected chi connectivity index (χ4v) is 2.82. The second-order valence-corrected chi connectivity index (χ2v) is 12.2. The van der Waals surface area contributed by atoms with Crippen molar-refractivity contribution in [2.75, 3.05) is 0 Å². The number of aryl methyl sites for hydroxylation is 1. The van der Waals surface area contributed by atoms with Gasteiger partial charge in [0.05, 0.1) is 0 Å². The summed E-state index contributed by atoms with van der Waals surface area (Å²) in [6.45, 7) is 4.00. The highest BCUT2D eigenvalue weighted by molar-refractivity contribution is 7.65. The zero-order valence-corrected chi connectivity index (χ0v) is 10.8. The van der Waals surface area contributed by atoms with E-state index in [1.54, 1.807) is 0 Å². The second kappa shape index (κ2) is 4.22. The first-order valence-electron chi connectivity index (χ1n) is 4.04. The molecule has 1 aromatic rings. The third-order valence-electron chi connectivity index (χ3n) is 2.03. The van der Waals surface area contributed by atoms with Gasteiger partial charge in [0.25, 0.3) is 0 Å². The van der Waals surface area contributed by atoms with Crippen molar-refractivity contribution in [3.05, 3.63) is 35.4 Å². The lowest BCUT2D eigenvalue weighted by Gasteiger charge is -2.17. The quantitative estimate of drug-likeness (QED) is 0.545. The maximum Gasteiger partial charge on any atom is 0.348 e. The van der Waals surface area contributed by atoms with E-state index in [0.717, 1.165) is 5.56 Å². The molecular weight excluding hydrogens is 243 g/mol. The average Bonchev–Trinajstić information content (AvgIpc) is 2.01. The van der Waals surface area contributed by atoms with Crippen molar-refractivity contribution in [2.45, 2.75) is 19.4 Å². The van der Waals surface area contributed by atoms with E-state index in [-0.39, 0.29) is 5.54 Å². The van der Waals surface area contributed by atoms with Crippen LogP contribution < -0.4 is 0 Å². The van der Waals surface area contributed by atoms with Crippen LogP contribution in [0.4, 0.5) is 0 Å². The summed E-state index contributed by atoms with van der Waals surface area (Å²) in [4.78, 5) is 0. The van der Waals surface area contributed by atoms with Gasteiger partial charge in [-0.05, 0) is 12.5 Å². The largest absolute Gasteiger partial charge is 0.348 e. The lowest BCUT2D eigenvalue weighted by atomic mass is 10.1. The summed E-state index contributed by atoms with van der Waals surface area (Å²) >= 11 is 17.8. The first-order valence-corrected chi connectivity index (χ1v) is 9.16. The zero-order valence-electron chi connectivity index (χ0n) is 7.52. The summed E-state index contributed by atoms with van der Waals surface area (Å²) in [7, 11) is 0. The van der Waals surface area contributed by atoms with Crippen molar-refractivity contribution in [1.82, 2.24) is 0 Å². The molecule has 0 unspecified atom stereocenters. The van der Waals surface area contributed by atoms with Crippen molar-refractivity contribution in [3.8, 4) is 0 Å². The first kappa shape index (κ1) is 11.4. The third-order valence-corrected chi connectivity index (χ3v) is 6.29. The van der Waals surface area contributed by atoms with Crippen LogP contribution >= 0.6 is 33.2 Å². The van der Waals surface area contributed by atoms with E-state index in [1.165, 1.54) is 5.56 Å². The Morgan fingerprint density at radius 2 is 1.85 bits per heavy atom. The first-order chi connectivity index (χ1) is 5.91. The molecule has 0 fully saturated rings. The van der Waals surface area contributed by atoms with Gasteiger partial charge in [0.1, 0.15) is 0 Å². The normalized spacial score (nSPS) is 14.2. The van der Waals surface area contributed by atoms with Gasteiger partial charge in [-0.25, -0.2) is 0 Å². The molecule has 72 valence electrons. The molecule has 0 aliphatic carbocycles. The van der Waals surface area contributed by atoms with E-state index in [1.807, 2.05) is 32.0 Å². The summed E-state index contributed by atoms with van der Waals surface area (Å²) in [5.41, 5.74) is 2.37. The number of rotatable bonds is 2. The molecule has 0 saturated heterocycles. The Balaban J connectivity index is 2.96. The second-order valence-electron chi connectivity index (χ2n) is 3.18. The van der Waals surface area contributed by atoms with Crippen LogP contribution in [0, 0.1) is 6.92 Å². The minimum Gasteiger partial charge on any atom is -0.125 e. The molecule has 0 aliphatic heterocycles. The van der Waals surface area contributed by atoms with E-state index in [0.29, 0.717) is 0 Å². The maximum absolute atomic E-state index is 5.94. The Hall–Kier alpha value is 0.307. The molecule has 13 heavy (non-hydrogen) atoms. The third kappa shape index (κ3) is 3.17. The maximum atomic E-state index is 5.94. The summed E-state index contributed by atoms with van der Waals surface area (Å²) < 4.78 is 0. The molecule has 0 N–H and O–H groups in total. The van der Waals surface area contributed by atoms with Gasteiger partial charge < -0.3 is 0 Å². The summed E-state index contributed by atoms with van der Waals surface area (Å²) in [5, 5.41) is 0. The van der Waals surface area contributed by atoms with E-state index >= 15 is 0 Å². The SMILES string of the molecule is Cc1cccc([C@@H](C)[Si](Cl)(Cl)Cl)c1. The molecule has 0 bridgehead atoms. The van der Waals surface area contributed by atoms with E-state index in [2.05, 4.69) is 6.07 Å². The molecular formula is C9H11Cl3Si. The minimum atomic E-state index is -2.61. The molecule has 1 aromatic carbocycles. The fourth-order valence-electron chi connectivity index (χ4n) is 1.13. The monoisotopic (exact) mass is 252 g/mol. The molecule has 1 atom stereocenters. The molecule has 0 spiro atoms. The number of benzene rings is 1. The van der Waals surface area contributed by atoms with Crippen LogP contribution in [0.5, 0.6) is 0 Å². The van der Waals surface area contributed by atoms with Crippen LogP contribution in [0.2, 0.25) is 0 Å². The summed E-state index contributed by atoms with van der Waals surface area (Å²) in [5.74, 6) is 0. The van der Waals surface area contributed by atoms with Crippen LogP contribution in [-0.4, -0.2) is 6.00 Å². The Kier molecular flexibility index (Phi) is 3.70. The van der Waals surface area contributed by atoms with Crippen molar-refractivity contribution >= 4 is 39.2 Å². The molecule has 0 amide bonds. The summed E-state index contributed by atoms with van der Waals surface area (Å²) in [6, 6.07) is 5.50. The predicted molar refractivity (Wildman–Crippen MR) is 62.9 cm³/mol. The molecule has 0 aliphatic rings. The Bertz CT molecular complexity index is 293. The van der Waals surface area contributed by atoms with Crippen molar-refractivity contribution in [3.63, 3.8) is 0 Å². The Morgan fingerprint density at radius 3 is 2.31 bits per heavy atom. The number of hydrogen-bond donors (Lipinski definition) is 0. The molecule has 4 heteroatoms. The van der Waals surface area contributed by atoms with Gasteiger partial charge in [0.15, 0.2) is 0 Å². The molecule has 0 nitrogen and oxygen atoms in total. The smallest absolute Gasteiger partial charge is 0.125 e. The van der Waals surface area contributed by atoms with Crippen LogP contribution in [0.3, 0.4) is 0 Å². The van der Waals surface area contributed by atoms with Crippen molar-refractivity contribution in [2.24, 2.45) is 0 Å².